The Labute approximate surface area is 130 Å². The normalized spacial score (nSPS) is 17.5. The lowest BCUT2D eigenvalue weighted by molar-refractivity contribution is -0.122. The number of imidazole rings is 1. The van der Waals surface area contributed by atoms with E-state index in [0.29, 0.717) is 12.8 Å². The molecule has 2 aromatic rings. The van der Waals surface area contributed by atoms with Gasteiger partial charge in [0.25, 0.3) is 0 Å². The number of aromatic amines is 1. The molecule has 1 fully saturated rings. The Morgan fingerprint density at radius 3 is 2.91 bits per heavy atom. The molecular formula is C17H23N3O2. The first-order chi connectivity index (χ1) is 10.6. The predicted molar refractivity (Wildman–Crippen MR) is 85.6 cm³/mol. The summed E-state index contributed by atoms with van der Waals surface area (Å²) in [6, 6.07) is 7.92. The number of benzene rings is 1. The van der Waals surface area contributed by atoms with Gasteiger partial charge in [-0.2, -0.15) is 0 Å². The lowest BCUT2D eigenvalue weighted by atomic mass is 9.82. The first kappa shape index (κ1) is 15.0. The van der Waals surface area contributed by atoms with Crippen molar-refractivity contribution in [3.63, 3.8) is 0 Å². The van der Waals surface area contributed by atoms with Crippen molar-refractivity contribution >= 4 is 16.9 Å². The van der Waals surface area contributed by atoms with Gasteiger partial charge >= 0.3 is 0 Å². The number of carbonyl (C=O) groups is 1. The van der Waals surface area contributed by atoms with Crippen LogP contribution in [0.2, 0.25) is 0 Å². The maximum absolute atomic E-state index is 12.0. The topological polar surface area (TPSA) is 67.0 Å². The van der Waals surface area contributed by atoms with Crippen LogP contribution in [0.15, 0.2) is 24.3 Å². The van der Waals surface area contributed by atoms with Crippen molar-refractivity contribution in [1.82, 2.24) is 15.3 Å². The summed E-state index contributed by atoms with van der Waals surface area (Å²) in [4.78, 5) is 19.8. The SMILES string of the molecule is CC1(CNC(=O)CCc2nc3ccccc3[nH]2)CCOCC1. The lowest BCUT2D eigenvalue weighted by Crippen LogP contribution is -2.39. The van der Waals surface area contributed by atoms with Crippen LogP contribution < -0.4 is 5.32 Å². The quantitative estimate of drug-likeness (QED) is 0.891. The van der Waals surface area contributed by atoms with Crippen LogP contribution in [0.4, 0.5) is 0 Å². The highest BCUT2D eigenvalue weighted by atomic mass is 16.5. The minimum Gasteiger partial charge on any atom is -0.381 e. The monoisotopic (exact) mass is 301 g/mol. The van der Waals surface area contributed by atoms with Gasteiger partial charge in [-0.05, 0) is 30.4 Å². The van der Waals surface area contributed by atoms with Gasteiger partial charge in [-0.25, -0.2) is 4.98 Å². The molecule has 2 heterocycles. The second-order valence-electron chi connectivity index (χ2n) is 6.40. The molecule has 2 N–H and O–H groups in total. The number of para-hydroxylation sites is 2. The van der Waals surface area contributed by atoms with Crippen LogP contribution in [0.5, 0.6) is 0 Å². The second-order valence-corrected chi connectivity index (χ2v) is 6.40. The highest BCUT2D eigenvalue weighted by Gasteiger charge is 2.27. The Hall–Kier alpha value is -1.88. The average Bonchev–Trinajstić information content (AvgIpc) is 2.95. The van der Waals surface area contributed by atoms with E-state index in [0.717, 1.165) is 49.5 Å². The van der Waals surface area contributed by atoms with E-state index in [1.165, 1.54) is 0 Å². The van der Waals surface area contributed by atoms with E-state index >= 15 is 0 Å². The van der Waals surface area contributed by atoms with Crippen molar-refractivity contribution in [3.05, 3.63) is 30.1 Å². The highest BCUT2D eigenvalue weighted by molar-refractivity contribution is 5.77. The van der Waals surface area contributed by atoms with E-state index in [9.17, 15) is 4.79 Å². The van der Waals surface area contributed by atoms with Crippen LogP contribution >= 0.6 is 0 Å². The minimum atomic E-state index is 0.0909. The number of hydrogen-bond acceptors (Lipinski definition) is 3. The van der Waals surface area contributed by atoms with Gasteiger partial charge in [0.2, 0.25) is 5.91 Å². The third-order valence-electron chi connectivity index (χ3n) is 4.44. The molecule has 0 spiro atoms. The van der Waals surface area contributed by atoms with Crippen molar-refractivity contribution in [2.75, 3.05) is 19.8 Å². The van der Waals surface area contributed by atoms with Gasteiger partial charge in [0.1, 0.15) is 5.82 Å². The van der Waals surface area contributed by atoms with Crippen LogP contribution in [0.3, 0.4) is 0 Å². The number of aromatic nitrogens is 2. The molecule has 5 heteroatoms. The molecule has 22 heavy (non-hydrogen) atoms. The van der Waals surface area contributed by atoms with Crippen molar-refractivity contribution in [3.8, 4) is 0 Å². The molecule has 1 aliphatic rings. The molecular weight excluding hydrogens is 278 g/mol. The Kier molecular flexibility index (Phi) is 4.43. The van der Waals surface area contributed by atoms with E-state index < -0.39 is 0 Å². The van der Waals surface area contributed by atoms with Crippen LogP contribution in [-0.4, -0.2) is 35.6 Å². The summed E-state index contributed by atoms with van der Waals surface area (Å²) in [5.41, 5.74) is 2.15. The summed E-state index contributed by atoms with van der Waals surface area (Å²) in [6.45, 7) is 4.54. The van der Waals surface area contributed by atoms with Crippen LogP contribution in [0, 0.1) is 5.41 Å². The first-order valence-corrected chi connectivity index (χ1v) is 7.93. The first-order valence-electron chi connectivity index (χ1n) is 7.93. The molecule has 0 aliphatic carbocycles. The smallest absolute Gasteiger partial charge is 0.220 e. The molecule has 5 nitrogen and oxygen atoms in total. The summed E-state index contributed by atoms with van der Waals surface area (Å²) in [5, 5.41) is 3.06. The van der Waals surface area contributed by atoms with E-state index in [-0.39, 0.29) is 11.3 Å². The van der Waals surface area contributed by atoms with Gasteiger partial charge in [-0.15, -0.1) is 0 Å². The molecule has 0 atom stereocenters. The zero-order valence-electron chi connectivity index (χ0n) is 13.0. The number of ether oxygens (including phenoxy) is 1. The molecule has 1 aliphatic heterocycles. The summed E-state index contributed by atoms with van der Waals surface area (Å²) >= 11 is 0. The van der Waals surface area contributed by atoms with E-state index in [2.05, 4.69) is 22.2 Å². The third kappa shape index (κ3) is 3.65. The Bertz CT molecular complexity index is 611. The van der Waals surface area contributed by atoms with Gasteiger partial charge in [-0.1, -0.05) is 19.1 Å². The van der Waals surface area contributed by atoms with Crippen molar-refractivity contribution in [1.29, 1.82) is 0 Å². The van der Waals surface area contributed by atoms with Crippen molar-refractivity contribution in [2.45, 2.75) is 32.6 Å². The number of nitrogens with one attached hydrogen (secondary N) is 2. The van der Waals surface area contributed by atoms with Crippen LogP contribution in [-0.2, 0) is 16.0 Å². The standard InChI is InChI=1S/C17H23N3O2/c1-17(8-10-22-11-9-17)12-18-16(21)7-6-15-19-13-4-2-3-5-14(13)20-15/h2-5H,6-12H2,1H3,(H,18,21)(H,19,20). The number of carbonyl (C=O) groups excluding carboxylic acids is 1. The van der Waals surface area contributed by atoms with Crippen LogP contribution in [0.25, 0.3) is 11.0 Å². The predicted octanol–water partition coefficient (Wildman–Crippen LogP) is 2.43. The third-order valence-corrected chi connectivity index (χ3v) is 4.44. The number of hydrogen-bond donors (Lipinski definition) is 2. The maximum Gasteiger partial charge on any atom is 0.220 e. The van der Waals surface area contributed by atoms with Crippen LogP contribution in [0.1, 0.15) is 32.0 Å². The number of nitrogens with zero attached hydrogens (tertiary/aromatic N) is 1. The molecule has 0 bridgehead atoms. The summed E-state index contributed by atoms with van der Waals surface area (Å²) < 4.78 is 5.38. The number of aryl methyl sites for hydroxylation is 1. The molecule has 1 aromatic heterocycles. The van der Waals surface area contributed by atoms with Gasteiger partial charge in [0, 0.05) is 32.6 Å². The fraction of sp³-hybridized carbons (Fsp3) is 0.529. The van der Waals surface area contributed by atoms with E-state index in [4.69, 9.17) is 4.74 Å². The second kappa shape index (κ2) is 6.48. The fourth-order valence-corrected chi connectivity index (χ4v) is 2.80. The number of H-pyrrole nitrogens is 1. The summed E-state index contributed by atoms with van der Waals surface area (Å²) in [5.74, 6) is 0.960. The Balaban J connectivity index is 1.47. The zero-order valence-corrected chi connectivity index (χ0v) is 13.0. The molecule has 0 radical (unpaired) electrons. The minimum absolute atomic E-state index is 0.0909. The number of fused-ring (bicyclic) bond motifs is 1. The van der Waals surface area contributed by atoms with E-state index in [1.54, 1.807) is 0 Å². The molecule has 1 aromatic carbocycles. The zero-order chi connectivity index (χ0) is 15.4. The summed E-state index contributed by atoms with van der Waals surface area (Å²) in [6.07, 6.45) is 3.13. The largest absolute Gasteiger partial charge is 0.381 e. The Morgan fingerprint density at radius 1 is 1.36 bits per heavy atom. The molecule has 3 rings (SSSR count). The molecule has 0 unspecified atom stereocenters. The van der Waals surface area contributed by atoms with Gasteiger partial charge in [0.15, 0.2) is 0 Å². The molecule has 0 saturated carbocycles. The molecule has 1 amide bonds. The highest BCUT2D eigenvalue weighted by Crippen LogP contribution is 2.28. The number of amides is 1. The molecule has 1 saturated heterocycles. The lowest BCUT2D eigenvalue weighted by Gasteiger charge is -2.33. The number of rotatable bonds is 5. The fourth-order valence-electron chi connectivity index (χ4n) is 2.80. The van der Waals surface area contributed by atoms with E-state index in [1.807, 2.05) is 24.3 Å². The molecule has 118 valence electrons. The maximum atomic E-state index is 12.0. The van der Waals surface area contributed by atoms with Gasteiger partial charge in [-0.3, -0.25) is 4.79 Å². The average molecular weight is 301 g/mol. The summed E-state index contributed by atoms with van der Waals surface area (Å²) in [7, 11) is 0. The Morgan fingerprint density at radius 2 is 2.14 bits per heavy atom. The van der Waals surface area contributed by atoms with Gasteiger partial charge in [0.05, 0.1) is 11.0 Å². The van der Waals surface area contributed by atoms with Crippen molar-refractivity contribution < 1.29 is 9.53 Å². The van der Waals surface area contributed by atoms with Gasteiger partial charge < -0.3 is 15.0 Å². The van der Waals surface area contributed by atoms with Crippen molar-refractivity contribution in [2.24, 2.45) is 5.41 Å².